The Balaban J connectivity index is 2.14. The van der Waals surface area contributed by atoms with Gasteiger partial charge in [-0.25, -0.2) is 9.87 Å². The van der Waals surface area contributed by atoms with E-state index in [1.807, 2.05) is 24.5 Å². The van der Waals surface area contributed by atoms with Crippen molar-refractivity contribution in [3.63, 3.8) is 0 Å². The van der Waals surface area contributed by atoms with Crippen LogP contribution in [0.1, 0.15) is 15.9 Å². The number of anilines is 2. The highest BCUT2D eigenvalue weighted by molar-refractivity contribution is 14.1. The zero-order valence-corrected chi connectivity index (χ0v) is 16.1. The summed E-state index contributed by atoms with van der Waals surface area (Å²) in [5.41, 5.74) is 3.35. The largest absolute Gasteiger partial charge is 0.416 e. The number of rotatable bonds is 6. The average molecular weight is 498 g/mol. The Morgan fingerprint density at radius 1 is 1.22 bits per heavy atom. The van der Waals surface area contributed by atoms with Crippen LogP contribution in [0.25, 0.3) is 0 Å². The summed E-state index contributed by atoms with van der Waals surface area (Å²) in [6.45, 7) is 0.653. The van der Waals surface area contributed by atoms with Crippen LogP contribution < -0.4 is 10.8 Å². The molecule has 146 valence electrons. The molecule has 10 heteroatoms. The fourth-order valence-electron chi connectivity index (χ4n) is 2.07. The van der Waals surface area contributed by atoms with Crippen molar-refractivity contribution in [1.29, 1.82) is 0 Å². The molecule has 2 rings (SSSR count). The van der Waals surface area contributed by atoms with Gasteiger partial charge < -0.3 is 10.4 Å². The van der Waals surface area contributed by atoms with Crippen molar-refractivity contribution >= 4 is 39.9 Å². The molecular formula is C17H15F4IN2O3. The maximum Gasteiger partial charge on any atom is 0.416 e. The molecule has 1 amide bonds. The molecule has 5 nitrogen and oxygen atoms in total. The Kier molecular flexibility index (Phi) is 7.00. The Morgan fingerprint density at radius 2 is 1.93 bits per heavy atom. The predicted octanol–water partition coefficient (Wildman–Crippen LogP) is 4.07. The van der Waals surface area contributed by atoms with E-state index < -0.39 is 30.6 Å². The first-order valence-electron chi connectivity index (χ1n) is 7.57. The summed E-state index contributed by atoms with van der Waals surface area (Å²) < 4.78 is 51.3. The second kappa shape index (κ2) is 8.85. The van der Waals surface area contributed by atoms with Crippen molar-refractivity contribution in [2.45, 2.75) is 19.2 Å². The van der Waals surface area contributed by atoms with Gasteiger partial charge in [0.2, 0.25) is 0 Å². The molecular weight excluding hydrogens is 483 g/mol. The number of nitrogens with one attached hydrogen (secondary N) is 2. The van der Waals surface area contributed by atoms with Crippen LogP contribution in [-0.2, 0) is 4.84 Å². The molecule has 0 saturated carbocycles. The van der Waals surface area contributed by atoms with E-state index in [0.717, 1.165) is 21.3 Å². The third-order valence-corrected chi connectivity index (χ3v) is 4.14. The molecule has 27 heavy (non-hydrogen) atoms. The second-order valence-corrected chi connectivity index (χ2v) is 6.82. The molecule has 0 bridgehead atoms. The minimum atomic E-state index is -4.87. The van der Waals surface area contributed by atoms with Crippen molar-refractivity contribution in [2.24, 2.45) is 0 Å². The maximum absolute atomic E-state index is 13.6. The standard InChI is InChI=1S/C17H15F4IN2O3/c1-9-6-11(22)3-5-13(9)23-14-7-10(18)2-4-12(14)16(26)24-27-8-15(25)17(19,20)21/h2-7,15,23,25H,8H2,1H3,(H,24,26). The summed E-state index contributed by atoms with van der Waals surface area (Å²) in [4.78, 5) is 16.6. The minimum Gasteiger partial charge on any atom is -0.381 e. The van der Waals surface area contributed by atoms with Gasteiger partial charge in [-0.2, -0.15) is 13.2 Å². The quantitative estimate of drug-likeness (QED) is 0.319. The normalized spacial score (nSPS) is 12.6. The number of aliphatic hydroxyl groups is 1. The van der Waals surface area contributed by atoms with Gasteiger partial charge in [-0.15, -0.1) is 0 Å². The van der Waals surface area contributed by atoms with Crippen molar-refractivity contribution < 1.29 is 32.3 Å². The molecule has 3 N–H and O–H groups in total. The summed E-state index contributed by atoms with van der Waals surface area (Å²) >= 11 is 2.13. The lowest BCUT2D eigenvalue weighted by molar-refractivity contribution is -0.221. The number of halogens is 5. The van der Waals surface area contributed by atoms with Crippen molar-refractivity contribution in [3.8, 4) is 0 Å². The predicted molar refractivity (Wildman–Crippen MR) is 99.1 cm³/mol. The number of carbonyl (C=O) groups excluding carboxylic acids is 1. The van der Waals surface area contributed by atoms with Gasteiger partial charge in [0.25, 0.3) is 5.91 Å². The Labute approximate surface area is 165 Å². The van der Waals surface area contributed by atoms with Crippen molar-refractivity contribution in [3.05, 3.63) is 56.9 Å². The third kappa shape index (κ3) is 6.04. The van der Waals surface area contributed by atoms with E-state index in [-0.39, 0.29) is 11.3 Å². The van der Waals surface area contributed by atoms with Crippen molar-refractivity contribution in [1.82, 2.24) is 5.48 Å². The van der Waals surface area contributed by atoms with Crippen LogP contribution >= 0.6 is 22.6 Å². The smallest absolute Gasteiger partial charge is 0.381 e. The minimum absolute atomic E-state index is 0.0455. The van der Waals surface area contributed by atoms with E-state index in [2.05, 4.69) is 32.7 Å². The molecule has 0 fully saturated rings. The van der Waals surface area contributed by atoms with Crippen LogP contribution in [0.4, 0.5) is 28.9 Å². The number of hydroxylamine groups is 1. The van der Waals surface area contributed by atoms with Crippen LogP contribution in [0.2, 0.25) is 0 Å². The Hall–Kier alpha value is -1.92. The fraction of sp³-hybridized carbons (Fsp3) is 0.235. The van der Waals surface area contributed by atoms with E-state index in [9.17, 15) is 22.4 Å². The summed E-state index contributed by atoms with van der Waals surface area (Å²) in [5, 5.41) is 11.8. The van der Waals surface area contributed by atoms with Crippen LogP contribution in [-0.4, -0.2) is 29.9 Å². The van der Waals surface area contributed by atoms with Gasteiger partial charge in [0, 0.05) is 9.26 Å². The Morgan fingerprint density at radius 3 is 2.56 bits per heavy atom. The van der Waals surface area contributed by atoms with Gasteiger partial charge in [0.05, 0.1) is 11.3 Å². The summed E-state index contributed by atoms with van der Waals surface area (Å²) in [5.74, 6) is -1.50. The van der Waals surface area contributed by atoms with Crippen LogP contribution in [0.5, 0.6) is 0 Å². The molecule has 0 heterocycles. The summed E-state index contributed by atoms with van der Waals surface area (Å²) in [7, 11) is 0. The monoisotopic (exact) mass is 498 g/mol. The lowest BCUT2D eigenvalue weighted by atomic mass is 10.1. The lowest BCUT2D eigenvalue weighted by Gasteiger charge is -2.16. The molecule has 0 aromatic heterocycles. The van der Waals surface area contributed by atoms with Crippen molar-refractivity contribution in [2.75, 3.05) is 11.9 Å². The summed E-state index contributed by atoms with van der Waals surface area (Å²) in [6, 6.07) is 8.72. The first-order chi connectivity index (χ1) is 12.6. The fourth-order valence-corrected chi connectivity index (χ4v) is 2.71. The molecule has 0 aliphatic carbocycles. The molecule has 0 spiro atoms. The van der Waals surface area contributed by atoms with Crippen LogP contribution in [0.15, 0.2) is 36.4 Å². The zero-order chi connectivity index (χ0) is 20.2. The number of amides is 1. The SMILES string of the molecule is Cc1cc(I)ccc1Nc1cc(F)ccc1C(=O)NOCC(O)C(F)(F)F. The number of aliphatic hydroxyl groups excluding tert-OH is 1. The Bertz CT molecular complexity index is 830. The van der Waals surface area contributed by atoms with Crippen LogP contribution in [0, 0.1) is 16.3 Å². The van der Waals surface area contributed by atoms with E-state index in [4.69, 9.17) is 5.11 Å². The maximum atomic E-state index is 13.6. The topological polar surface area (TPSA) is 70.6 Å². The van der Waals surface area contributed by atoms with Gasteiger partial charge in [-0.3, -0.25) is 9.63 Å². The molecule has 0 radical (unpaired) electrons. The van der Waals surface area contributed by atoms with Crippen LogP contribution in [0.3, 0.4) is 0 Å². The van der Waals surface area contributed by atoms with Gasteiger partial charge in [0.1, 0.15) is 12.4 Å². The summed E-state index contributed by atoms with van der Waals surface area (Å²) in [6.07, 6.45) is -7.60. The molecule has 1 unspecified atom stereocenters. The molecule has 0 saturated heterocycles. The van der Waals surface area contributed by atoms with Gasteiger partial charge in [-0.1, -0.05) is 0 Å². The molecule has 2 aromatic carbocycles. The van der Waals surface area contributed by atoms with Gasteiger partial charge >= 0.3 is 6.18 Å². The number of hydrogen-bond acceptors (Lipinski definition) is 4. The van der Waals surface area contributed by atoms with E-state index in [0.29, 0.717) is 5.69 Å². The van der Waals surface area contributed by atoms with Gasteiger partial charge in [-0.05, 0) is 71.5 Å². The molecule has 1 atom stereocenters. The highest BCUT2D eigenvalue weighted by atomic mass is 127. The number of alkyl halides is 3. The second-order valence-electron chi connectivity index (χ2n) is 5.57. The average Bonchev–Trinajstić information content (AvgIpc) is 2.56. The molecule has 0 aliphatic rings. The number of benzene rings is 2. The molecule has 0 aliphatic heterocycles. The highest BCUT2D eigenvalue weighted by Crippen LogP contribution is 2.26. The lowest BCUT2D eigenvalue weighted by Crippen LogP contribution is -2.36. The third-order valence-electron chi connectivity index (χ3n) is 3.47. The highest BCUT2D eigenvalue weighted by Gasteiger charge is 2.38. The van der Waals surface area contributed by atoms with Gasteiger partial charge in [0.15, 0.2) is 6.10 Å². The molecule has 2 aromatic rings. The van der Waals surface area contributed by atoms with E-state index in [1.165, 1.54) is 6.07 Å². The first kappa shape index (κ1) is 21.4. The van der Waals surface area contributed by atoms with E-state index >= 15 is 0 Å². The van der Waals surface area contributed by atoms with E-state index in [1.54, 1.807) is 6.07 Å². The number of aryl methyl sites for hydroxylation is 1. The first-order valence-corrected chi connectivity index (χ1v) is 8.65. The number of hydrogen-bond donors (Lipinski definition) is 3. The number of carbonyl (C=O) groups is 1. The zero-order valence-electron chi connectivity index (χ0n) is 13.9.